The fraction of sp³-hybridized carbons (Fsp3) is 0.375. The van der Waals surface area contributed by atoms with E-state index in [2.05, 4.69) is 10.3 Å². The predicted molar refractivity (Wildman–Crippen MR) is 79.4 cm³/mol. The van der Waals surface area contributed by atoms with E-state index in [-0.39, 0.29) is 12.5 Å². The summed E-state index contributed by atoms with van der Waals surface area (Å²) in [6.07, 6.45) is 0.930. The monoisotopic (exact) mass is 288 g/mol. The van der Waals surface area contributed by atoms with Gasteiger partial charge in [0.15, 0.2) is 0 Å². The topological polar surface area (TPSA) is 64.4 Å². The Labute approximate surface area is 124 Å². The number of aryl methyl sites for hydroxylation is 2. The molecule has 5 nitrogen and oxygen atoms in total. The van der Waals surface area contributed by atoms with Gasteiger partial charge in [-0.1, -0.05) is 13.0 Å². The third-order valence-corrected chi connectivity index (χ3v) is 3.04. The van der Waals surface area contributed by atoms with Crippen molar-refractivity contribution in [1.29, 1.82) is 0 Å². The van der Waals surface area contributed by atoms with Gasteiger partial charge in [0.1, 0.15) is 11.5 Å². The number of aromatic nitrogens is 1. The van der Waals surface area contributed by atoms with E-state index in [1.807, 2.05) is 26.8 Å². The molecule has 1 aromatic carbocycles. The van der Waals surface area contributed by atoms with Crippen molar-refractivity contribution >= 4 is 5.91 Å². The van der Waals surface area contributed by atoms with Gasteiger partial charge < -0.3 is 14.5 Å². The number of ether oxygens (including phenoxy) is 1. The summed E-state index contributed by atoms with van der Waals surface area (Å²) < 4.78 is 10.9. The number of carbonyl (C=O) groups excluding carboxylic acids is 1. The molecule has 0 unspecified atom stereocenters. The average molecular weight is 288 g/mol. The summed E-state index contributed by atoms with van der Waals surface area (Å²) in [5, 5.41) is 2.79. The Morgan fingerprint density at radius 3 is 2.86 bits per heavy atom. The molecular formula is C16H20N2O3. The third kappa shape index (κ3) is 4.08. The van der Waals surface area contributed by atoms with Crippen molar-refractivity contribution in [2.75, 3.05) is 6.61 Å². The van der Waals surface area contributed by atoms with Crippen LogP contribution in [0.5, 0.6) is 5.75 Å². The van der Waals surface area contributed by atoms with Crippen molar-refractivity contribution in [2.24, 2.45) is 0 Å². The molecule has 0 atom stereocenters. The number of benzene rings is 1. The maximum absolute atomic E-state index is 12.1. The minimum absolute atomic E-state index is 0.176. The van der Waals surface area contributed by atoms with Crippen LogP contribution in [-0.2, 0) is 6.54 Å². The van der Waals surface area contributed by atoms with Crippen LogP contribution in [0, 0.1) is 13.8 Å². The van der Waals surface area contributed by atoms with Crippen LogP contribution in [0.25, 0.3) is 0 Å². The van der Waals surface area contributed by atoms with Crippen molar-refractivity contribution in [1.82, 2.24) is 10.3 Å². The van der Waals surface area contributed by atoms with Gasteiger partial charge >= 0.3 is 0 Å². The Morgan fingerprint density at radius 1 is 1.38 bits per heavy atom. The maximum atomic E-state index is 12.1. The van der Waals surface area contributed by atoms with Crippen LogP contribution >= 0.6 is 0 Å². The van der Waals surface area contributed by atoms with Crippen molar-refractivity contribution in [3.8, 4) is 5.75 Å². The molecule has 0 radical (unpaired) electrons. The molecule has 2 aromatic rings. The summed E-state index contributed by atoms with van der Waals surface area (Å²) in [4.78, 5) is 16.3. The molecule has 5 heteroatoms. The van der Waals surface area contributed by atoms with Crippen molar-refractivity contribution in [2.45, 2.75) is 33.7 Å². The molecule has 0 spiro atoms. The van der Waals surface area contributed by atoms with Gasteiger partial charge in [-0.2, -0.15) is 0 Å². The van der Waals surface area contributed by atoms with E-state index in [1.54, 1.807) is 18.2 Å². The second kappa shape index (κ2) is 6.92. The first-order chi connectivity index (χ1) is 10.1. The quantitative estimate of drug-likeness (QED) is 0.887. The predicted octanol–water partition coefficient (Wildman–Crippen LogP) is 3.01. The summed E-state index contributed by atoms with van der Waals surface area (Å²) in [6.45, 7) is 6.67. The molecule has 1 aromatic heterocycles. The SMILES string of the molecule is CCCOc1cccc(C(=O)NCc2nc(C)c(C)o2)c1. The summed E-state index contributed by atoms with van der Waals surface area (Å²) >= 11 is 0. The average Bonchev–Trinajstić information content (AvgIpc) is 2.81. The zero-order valence-corrected chi connectivity index (χ0v) is 12.6. The number of hydrogen-bond donors (Lipinski definition) is 1. The van der Waals surface area contributed by atoms with E-state index in [0.29, 0.717) is 23.8 Å². The van der Waals surface area contributed by atoms with E-state index < -0.39 is 0 Å². The highest BCUT2D eigenvalue weighted by Gasteiger charge is 2.10. The van der Waals surface area contributed by atoms with Gasteiger partial charge in [0.2, 0.25) is 5.89 Å². The van der Waals surface area contributed by atoms with E-state index >= 15 is 0 Å². The van der Waals surface area contributed by atoms with Gasteiger partial charge in [0.05, 0.1) is 18.8 Å². The number of oxazole rings is 1. The molecule has 0 aliphatic heterocycles. The van der Waals surface area contributed by atoms with Gasteiger partial charge in [0.25, 0.3) is 5.91 Å². The van der Waals surface area contributed by atoms with Gasteiger partial charge in [-0.15, -0.1) is 0 Å². The van der Waals surface area contributed by atoms with Gasteiger partial charge in [-0.3, -0.25) is 4.79 Å². The minimum atomic E-state index is -0.176. The Balaban J connectivity index is 1.96. The van der Waals surface area contributed by atoms with E-state index in [9.17, 15) is 4.79 Å². The number of carbonyl (C=O) groups is 1. The van der Waals surface area contributed by atoms with Crippen molar-refractivity contribution in [3.05, 3.63) is 47.2 Å². The number of rotatable bonds is 6. The second-order valence-electron chi connectivity index (χ2n) is 4.81. The Bertz CT molecular complexity index is 600. The van der Waals surface area contributed by atoms with E-state index in [1.165, 1.54) is 0 Å². The first-order valence-electron chi connectivity index (χ1n) is 7.04. The highest BCUT2D eigenvalue weighted by atomic mass is 16.5. The summed E-state index contributed by atoms with van der Waals surface area (Å²) in [5.41, 5.74) is 1.40. The first-order valence-corrected chi connectivity index (χ1v) is 7.04. The molecule has 0 aliphatic rings. The fourth-order valence-corrected chi connectivity index (χ4v) is 1.82. The molecule has 1 N–H and O–H groups in total. The molecule has 0 bridgehead atoms. The third-order valence-electron chi connectivity index (χ3n) is 3.04. The normalized spacial score (nSPS) is 10.4. The molecule has 0 fully saturated rings. The lowest BCUT2D eigenvalue weighted by Crippen LogP contribution is -2.23. The summed E-state index contributed by atoms with van der Waals surface area (Å²) in [5.74, 6) is 1.81. The lowest BCUT2D eigenvalue weighted by Gasteiger charge is -2.07. The molecule has 1 amide bonds. The second-order valence-corrected chi connectivity index (χ2v) is 4.81. The zero-order chi connectivity index (χ0) is 15.2. The molecule has 112 valence electrons. The highest BCUT2D eigenvalue weighted by Crippen LogP contribution is 2.14. The summed E-state index contributed by atoms with van der Waals surface area (Å²) in [6, 6.07) is 7.13. The van der Waals surface area contributed by atoms with Crippen LogP contribution in [-0.4, -0.2) is 17.5 Å². The molecule has 0 saturated carbocycles. The van der Waals surface area contributed by atoms with Crippen LogP contribution < -0.4 is 10.1 Å². The Morgan fingerprint density at radius 2 is 2.19 bits per heavy atom. The Kier molecular flexibility index (Phi) is 4.98. The smallest absolute Gasteiger partial charge is 0.251 e. The van der Waals surface area contributed by atoms with E-state index in [0.717, 1.165) is 17.9 Å². The van der Waals surface area contributed by atoms with E-state index in [4.69, 9.17) is 9.15 Å². The molecule has 0 saturated heterocycles. The minimum Gasteiger partial charge on any atom is -0.494 e. The van der Waals surface area contributed by atoms with Gasteiger partial charge in [-0.05, 0) is 38.5 Å². The van der Waals surface area contributed by atoms with Crippen LogP contribution in [0.2, 0.25) is 0 Å². The molecule has 21 heavy (non-hydrogen) atoms. The van der Waals surface area contributed by atoms with Gasteiger partial charge in [0, 0.05) is 5.56 Å². The number of nitrogens with zero attached hydrogens (tertiary/aromatic N) is 1. The van der Waals surface area contributed by atoms with Crippen LogP contribution in [0.1, 0.15) is 41.0 Å². The van der Waals surface area contributed by atoms with Crippen molar-refractivity contribution < 1.29 is 13.9 Å². The lowest BCUT2D eigenvalue weighted by atomic mass is 10.2. The molecule has 2 rings (SSSR count). The lowest BCUT2D eigenvalue weighted by molar-refractivity contribution is 0.0946. The number of nitrogens with one attached hydrogen (secondary N) is 1. The Hall–Kier alpha value is -2.30. The van der Waals surface area contributed by atoms with Crippen LogP contribution in [0.3, 0.4) is 0 Å². The summed E-state index contributed by atoms with van der Waals surface area (Å²) in [7, 11) is 0. The largest absolute Gasteiger partial charge is 0.494 e. The van der Waals surface area contributed by atoms with Crippen molar-refractivity contribution in [3.63, 3.8) is 0 Å². The highest BCUT2D eigenvalue weighted by molar-refractivity contribution is 5.94. The standard InChI is InChI=1S/C16H20N2O3/c1-4-8-20-14-7-5-6-13(9-14)16(19)17-10-15-18-11(2)12(3)21-15/h5-7,9H,4,8,10H2,1-3H3,(H,17,19). The molecule has 1 heterocycles. The molecular weight excluding hydrogens is 268 g/mol. The molecule has 0 aliphatic carbocycles. The van der Waals surface area contributed by atoms with Crippen LogP contribution in [0.4, 0.5) is 0 Å². The zero-order valence-electron chi connectivity index (χ0n) is 12.6. The fourth-order valence-electron chi connectivity index (χ4n) is 1.82. The number of hydrogen-bond acceptors (Lipinski definition) is 4. The van der Waals surface area contributed by atoms with Crippen LogP contribution in [0.15, 0.2) is 28.7 Å². The number of amides is 1. The first kappa shape index (κ1) is 15.1. The maximum Gasteiger partial charge on any atom is 0.251 e. The van der Waals surface area contributed by atoms with Gasteiger partial charge in [-0.25, -0.2) is 4.98 Å².